The van der Waals surface area contributed by atoms with E-state index in [-0.39, 0.29) is 0 Å². The minimum atomic E-state index is 0.967. The summed E-state index contributed by atoms with van der Waals surface area (Å²) in [6, 6.07) is 4.15. The standard InChI is InChI=1S/C16H27N3/c1(4-12-19-13-5-2-6-14-19)3-9-18-15-16-7-10-17-11-8-16/h7-8,10-11,18H,1-6,9,12-15H2. The molecule has 0 atom stereocenters. The fourth-order valence-corrected chi connectivity index (χ4v) is 2.68. The molecule has 3 heteroatoms. The highest BCUT2D eigenvalue weighted by Gasteiger charge is 2.08. The summed E-state index contributed by atoms with van der Waals surface area (Å²) in [6.07, 6.45) is 12.0. The Morgan fingerprint density at radius 2 is 1.79 bits per heavy atom. The first-order valence-electron chi connectivity index (χ1n) is 7.77. The molecule has 0 unspecified atom stereocenters. The highest BCUT2D eigenvalue weighted by atomic mass is 15.1. The third-order valence-corrected chi connectivity index (χ3v) is 3.86. The number of rotatable bonds is 8. The third kappa shape index (κ3) is 6.17. The molecule has 1 aliphatic heterocycles. The van der Waals surface area contributed by atoms with Crippen molar-refractivity contribution < 1.29 is 0 Å². The van der Waals surface area contributed by atoms with E-state index in [1.165, 1.54) is 63.7 Å². The molecule has 0 aromatic carbocycles. The van der Waals surface area contributed by atoms with Gasteiger partial charge in [-0.2, -0.15) is 0 Å². The van der Waals surface area contributed by atoms with Crippen molar-refractivity contribution in [2.45, 2.75) is 45.1 Å². The van der Waals surface area contributed by atoms with Crippen molar-refractivity contribution in [2.24, 2.45) is 0 Å². The molecular weight excluding hydrogens is 234 g/mol. The molecule has 106 valence electrons. The van der Waals surface area contributed by atoms with E-state index in [0.29, 0.717) is 0 Å². The first-order valence-corrected chi connectivity index (χ1v) is 7.77. The van der Waals surface area contributed by atoms with Crippen LogP contribution in [0.5, 0.6) is 0 Å². The lowest BCUT2D eigenvalue weighted by Gasteiger charge is -2.26. The largest absolute Gasteiger partial charge is 0.313 e. The Labute approximate surface area is 117 Å². The average Bonchev–Trinajstić information content (AvgIpc) is 2.48. The molecule has 1 aromatic heterocycles. The number of hydrogen-bond acceptors (Lipinski definition) is 3. The lowest BCUT2D eigenvalue weighted by Crippen LogP contribution is -2.30. The summed E-state index contributed by atoms with van der Waals surface area (Å²) in [4.78, 5) is 6.66. The predicted molar refractivity (Wildman–Crippen MR) is 80.1 cm³/mol. The van der Waals surface area contributed by atoms with E-state index in [0.717, 1.165) is 13.1 Å². The van der Waals surface area contributed by atoms with E-state index in [2.05, 4.69) is 27.3 Å². The van der Waals surface area contributed by atoms with Gasteiger partial charge < -0.3 is 10.2 Å². The second-order valence-corrected chi connectivity index (χ2v) is 5.50. The molecule has 1 saturated heterocycles. The van der Waals surface area contributed by atoms with Crippen molar-refractivity contribution >= 4 is 0 Å². The van der Waals surface area contributed by atoms with Crippen molar-refractivity contribution in [3.63, 3.8) is 0 Å². The normalized spacial score (nSPS) is 16.6. The van der Waals surface area contributed by atoms with Crippen molar-refractivity contribution in [1.82, 2.24) is 15.2 Å². The van der Waals surface area contributed by atoms with E-state index in [9.17, 15) is 0 Å². The van der Waals surface area contributed by atoms with Gasteiger partial charge in [0, 0.05) is 18.9 Å². The maximum atomic E-state index is 4.03. The molecule has 2 rings (SSSR count). The van der Waals surface area contributed by atoms with Gasteiger partial charge in [0.2, 0.25) is 0 Å². The number of piperidine rings is 1. The summed E-state index contributed by atoms with van der Waals surface area (Å²) in [6.45, 7) is 6.07. The maximum Gasteiger partial charge on any atom is 0.0271 e. The van der Waals surface area contributed by atoms with Crippen LogP contribution < -0.4 is 5.32 Å². The minimum absolute atomic E-state index is 0.967. The summed E-state index contributed by atoms with van der Waals surface area (Å²) >= 11 is 0. The number of aromatic nitrogens is 1. The van der Waals surface area contributed by atoms with Crippen molar-refractivity contribution in [3.8, 4) is 0 Å². The van der Waals surface area contributed by atoms with Gasteiger partial charge in [0.25, 0.3) is 0 Å². The number of nitrogens with one attached hydrogen (secondary N) is 1. The van der Waals surface area contributed by atoms with Gasteiger partial charge in [0.05, 0.1) is 0 Å². The van der Waals surface area contributed by atoms with Crippen LogP contribution in [0.3, 0.4) is 0 Å². The highest BCUT2D eigenvalue weighted by molar-refractivity contribution is 5.08. The number of nitrogens with zero attached hydrogens (tertiary/aromatic N) is 2. The van der Waals surface area contributed by atoms with Crippen LogP contribution in [0, 0.1) is 0 Å². The van der Waals surface area contributed by atoms with Crippen LogP contribution in [0.2, 0.25) is 0 Å². The molecule has 0 amide bonds. The Morgan fingerprint density at radius 1 is 1.00 bits per heavy atom. The summed E-state index contributed by atoms with van der Waals surface area (Å²) in [5.74, 6) is 0. The topological polar surface area (TPSA) is 28.2 Å². The van der Waals surface area contributed by atoms with Gasteiger partial charge in [-0.3, -0.25) is 4.98 Å². The second-order valence-electron chi connectivity index (χ2n) is 5.50. The van der Waals surface area contributed by atoms with Crippen molar-refractivity contribution in [3.05, 3.63) is 30.1 Å². The van der Waals surface area contributed by atoms with Crippen LogP contribution >= 0.6 is 0 Å². The molecule has 1 N–H and O–H groups in total. The number of pyridine rings is 1. The first-order chi connectivity index (χ1) is 9.45. The number of hydrogen-bond donors (Lipinski definition) is 1. The summed E-state index contributed by atoms with van der Waals surface area (Å²) in [7, 11) is 0. The molecule has 2 heterocycles. The zero-order valence-electron chi connectivity index (χ0n) is 12.0. The molecule has 19 heavy (non-hydrogen) atoms. The first kappa shape index (κ1) is 14.5. The van der Waals surface area contributed by atoms with Crippen LogP contribution in [0.15, 0.2) is 24.5 Å². The number of likely N-dealkylation sites (tertiary alicyclic amines) is 1. The van der Waals surface area contributed by atoms with Gasteiger partial charge >= 0.3 is 0 Å². The van der Waals surface area contributed by atoms with Gasteiger partial charge in [-0.15, -0.1) is 0 Å². The highest BCUT2D eigenvalue weighted by Crippen LogP contribution is 2.09. The Morgan fingerprint density at radius 3 is 2.58 bits per heavy atom. The van der Waals surface area contributed by atoms with Crippen LogP contribution in [0.1, 0.15) is 44.1 Å². The Kier molecular flexibility index (Phi) is 6.90. The van der Waals surface area contributed by atoms with Crippen LogP contribution in [0.25, 0.3) is 0 Å². The quantitative estimate of drug-likeness (QED) is 0.729. The van der Waals surface area contributed by atoms with E-state index in [4.69, 9.17) is 0 Å². The molecule has 3 nitrogen and oxygen atoms in total. The van der Waals surface area contributed by atoms with Gasteiger partial charge in [-0.25, -0.2) is 0 Å². The monoisotopic (exact) mass is 261 g/mol. The molecule has 0 radical (unpaired) electrons. The second kappa shape index (κ2) is 9.05. The zero-order chi connectivity index (χ0) is 13.2. The minimum Gasteiger partial charge on any atom is -0.313 e. The molecule has 1 aromatic rings. The molecule has 0 aliphatic carbocycles. The molecule has 1 fully saturated rings. The smallest absolute Gasteiger partial charge is 0.0271 e. The van der Waals surface area contributed by atoms with Crippen LogP contribution in [0.4, 0.5) is 0 Å². The lowest BCUT2D eigenvalue weighted by molar-refractivity contribution is 0.224. The molecule has 0 spiro atoms. The van der Waals surface area contributed by atoms with E-state index < -0.39 is 0 Å². The van der Waals surface area contributed by atoms with Gasteiger partial charge in [-0.1, -0.05) is 12.8 Å². The molecule has 1 aliphatic rings. The summed E-state index contributed by atoms with van der Waals surface area (Å²) in [5, 5.41) is 3.50. The maximum absolute atomic E-state index is 4.03. The summed E-state index contributed by atoms with van der Waals surface area (Å²) < 4.78 is 0. The van der Waals surface area contributed by atoms with E-state index in [1.54, 1.807) is 0 Å². The van der Waals surface area contributed by atoms with E-state index in [1.807, 2.05) is 12.4 Å². The summed E-state index contributed by atoms with van der Waals surface area (Å²) in [5.41, 5.74) is 1.32. The SMILES string of the molecule is c1cc(CNCCCCCN2CCCCC2)ccn1. The van der Waals surface area contributed by atoms with Gasteiger partial charge in [-0.05, 0) is 69.6 Å². The fraction of sp³-hybridized carbons (Fsp3) is 0.688. The Hall–Kier alpha value is -0.930. The Balaban J connectivity index is 1.42. The zero-order valence-corrected chi connectivity index (χ0v) is 12.0. The molecular formula is C16H27N3. The lowest BCUT2D eigenvalue weighted by atomic mass is 10.1. The van der Waals surface area contributed by atoms with Crippen molar-refractivity contribution in [2.75, 3.05) is 26.2 Å². The van der Waals surface area contributed by atoms with Gasteiger partial charge in [0.1, 0.15) is 0 Å². The molecule has 0 bridgehead atoms. The number of unbranched alkanes of at least 4 members (excludes halogenated alkanes) is 2. The molecule has 0 saturated carbocycles. The predicted octanol–water partition coefficient (Wildman–Crippen LogP) is 2.83. The fourth-order valence-electron chi connectivity index (χ4n) is 2.68. The van der Waals surface area contributed by atoms with E-state index >= 15 is 0 Å². The Bertz CT molecular complexity index is 320. The third-order valence-electron chi connectivity index (χ3n) is 3.86. The average molecular weight is 261 g/mol. The van der Waals surface area contributed by atoms with Gasteiger partial charge in [0.15, 0.2) is 0 Å². The van der Waals surface area contributed by atoms with Crippen LogP contribution in [-0.2, 0) is 6.54 Å². The van der Waals surface area contributed by atoms with Crippen molar-refractivity contribution in [1.29, 1.82) is 0 Å². The van der Waals surface area contributed by atoms with Crippen LogP contribution in [-0.4, -0.2) is 36.1 Å².